The Morgan fingerprint density at radius 2 is 1.94 bits per heavy atom. The van der Waals surface area contributed by atoms with Gasteiger partial charge in [-0.1, -0.05) is 29.8 Å². The lowest BCUT2D eigenvalue weighted by Gasteiger charge is -2.35. The number of aromatic nitrogens is 3. The molecular formula is C24H26ClN7O. The number of hydrogen-bond acceptors (Lipinski definition) is 7. The number of nitrogens with one attached hydrogen (secondary N) is 2. The summed E-state index contributed by atoms with van der Waals surface area (Å²) in [5.74, 6) is 1.08. The molecule has 4 aromatic rings. The van der Waals surface area contributed by atoms with E-state index in [4.69, 9.17) is 27.1 Å². The van der Waals surface area contributed by atoms with Crippen LogP contribution in [0.3, 0.4) is 0 Å². The molecule has 1 aliphatic rings. The Bertz CT molecular complexity index is 1300. The molecule has 33 heavy (non-hydrogen) atoms. The lowest BCUT2D eigenvalue weighted by molar-refractivity contribution is 0.313. The van der Waals surface area contributed by atoms with Crippen molar-refractivity contribution in [1.29, 1.82) is 0 Å². The lowest BCUT2D eigenvalue weighted by Crippen LogP contribution is -2.44. The molecule has 0 amide bonds. The van der Waals surface area contributed by atoms with Gasteiger partial charge in [0.2, 0.25) is 5.95 Å². The Kier molecular flexibility index (Phi) is 5.70. The molecule has 5 rings (SSSR count). The zero-order chi connectivity index (χ0) is 22.9. The monoisotopic (exact) mass is 463 g/mol. The number of aromatic amines is 1. The first kappa shape index (κ1) is 21.4. The number of piperazine rings is 1. The zero-order valence-electron chi connectivity index (χ0n) is 18.6. The topological polar surface area (TPSA) is 95.3 Å². The number of benzene rings is 2. The first-order valence-electron chi connectivity index (χ1n) is 10.8. The molecule has 0 spiro atoms. The molecule has 4 N–H and O–H groups in total. The van der Waals surface area contributed by atoms with Gasteiger partial charge >= 0.3 is 0 Å². The van der Waals surface area contributed by atoms with Gasteiger partial charge in [-0.05, 0) is 19.2 Å². The van der Waals surface area contributed by atoms with Crippen LogP contribution in [0.15, 0.2) is 48.8 Å². The van der Waals surface area contributed by atoms with Crippen molar-refractivity contribution in [2.75, 3.05) is 56.3 Å². The summed E-state index contributed by atoms with van der Waals surface area (Å²) in [6, 6.07) is 11.9. The van der Waals surface area contributed by atoms with E-state index in [-0.39, 0.29) is 0 Å². The molecule has 0 saturated carbocycles. The molecule has 1 saturated heterocycles. The second-order valence-electron chi connectivity index (χ2n) is 8.16. The number of hydrogen-bond donors (Lipinski definition) is 3. The third-order valence-corrected chi connectivity index (χ3v) is 6.30. The van der Waals surface area contributed by atoms with Crippen LogP contribution in [-0.2, 0) is 0 Å². The second kappa shape index (κ2) is 8.80. The number of halogens is 1. The van der Waals surface area contributed by atoms with Gasteiger partial charge in [0.15, 0.2) is 0 Å². The average Bonchev–Trinajstić information content (AvgIpc) is 3.25. The largest absolute Gasteiger partial charge is 0.494 e. The maximum absolute atomic E-state index is 6.47. The molecule has 0 unspecified atom stereocenters. The average molecular weight is 464 g/mol. The van der Waals surface area contributed by atoms with Crippen LogP contribution in [0, 0.1) is 0 Å². The van der Waals surface area contributed by atoms with Crippen LogP contribution in [0.25, 0.3) is 22.2 Å². The Morgan fingerprint density at radius 1 is 1.15 bits per heavy atom. The van der Waals surface area contributed by atoms with Crippen molar-refractivity contribution in [2.24, 2.45) is 0 Å². The summed E-state index contributed by atoms with van der Waals surface area (Å²) in [6.07, 6.45) is 3.51. The molecule has 8 nitrogen and oxygen atoms in total. The molecule has 3 heterocycles. The van der Waals surface area contributed by atoms with E-state index in [9.17, 15) is 0 Å². The minimum atomic E-state index is 0.407. The van der Waals surface area contributed by atoms with Crippen LogP contribution >= 0.6 is 11.6 Å². The van der Waals surface area contributed by atoms with E-state index < -0.39 is 0 Å². The number of nitrogens with two attached hydrogens (primary N) is 1. The number of likely N-dealkylation sites (N-methyl/N-ethyl adjacent to an activating group) is 1. The number of nitrogen functional groups attached to an aromatic ring is 1. The molecule has 1 fully saturated rings. The molecule has 1 aliphatic heterocycles. The van der Waals surface area contributed by atoms with Crippen LogP contribution in [0.1, 0.15) is 0 Å². The molecule has 0 aliphatic carbocycles. The minimum absolute atomic E-state index is 0.407. The Hall–Kier alpha value is -3.49. The quantitative estimate of drug-likeness (QED) is 0.378. The van der Waals surface area contributed by atoms with Crippen molar-refractivity contribution in [2.45, 2.75) is 0 Å². The third-order valence-electron chi connectivity index (χ3n) is 6.03. The van der Waals surface area contributed by atoms with Crippen molar-refractivity contribution < 1.29 is 4.74 Å². The molecule has 170 valence electrons. The van der Waals surface area contributed by atoms with Crippen molar-refractivity contribution in [3.05, 3.63) is 53.8 Å². The number of methoxy groups -OCH3 is 1. The van der Waals surface area contributed by atoms with Gasteiger partial charge in [0.1, 0.15) is 5.75 Å². The summed E-state index contributed by atoms with van der Waals surface area (Å²) < 4.78 is 5.67. The van der Waals surface area contributed by atoms with E-state index in [0.717, 1.165) is 48.3 Å². The summed E-state index contributed by atoms with van der Waals surface area (Å²) in [5, 5.41) is 4.77. The SMILES string of the molecule is COc1cc(N2CCN(C)CC2)c(N)cc1Nc1ncc(Cl)c(-c2c[nH]c3ccccc23)n1. The highest BCUT2D eigenvalue weighted by Crippen LogP contribution is 2.38. The molecular weight excluding hydrogens is 438 g/mol. The van der Waals surface area contributed by atoms with Gasteiger partial charge in [0, 0.05) is 54.9 Å². The van der Waals surface area contributed by atoms with Gasteiger partial charge in [0.25, 0.3) is 0 Å². The van der Waals surface area contributed by atoms with Crippen LogP contribution < -0.4 is 20.7 Å². The Morgan fingerprint density at radius 3 is 2.73 bits per heavy atom. The third kappa shape index (κ3) is 4.15. The van der Waals surface area contributed by atoms with Gasteiger partial charge in [0.05, 0.1) is 41.1 Å². The van der Waals surface area contributed by atoms with Crippen LogP contribution in [-0.4, -0.2) is 60.2 Å². The van der Waals surface area contributed by atoms with Crippen molar-refractivity contribution in [3.63, 3.8) is 0 Å². The Labute approximate surface area is 197 Å². The van der Waals surface area contributed by atoms with Gasteiger partial charge < -0.3 is 30.6 Å². The van der Waals surface area contributed by atoms with E-state index >= 15 is 0 Å². The minimum Gasteiger partial charge on any atom is -0.494 e. The molecule has 2 aromatic heterocycles. The van der Waals surface area contributed by atoms with Crippen LogP contribution in [0.2, 0.25) is 5.02 Å². The zero-order valence-corrected chi connectivity index (χ0v) is 19.4. The molecule has 2 aromatic carbocycles. The van der Waals surface area contributed by atoms with E-state index in [2.05, 4.69) is 32.1 Å². The smallest absolute Gasteiger partial charge is 0.227 e. The number of rotatable bonds is 5. The van der Waals surface area contributed by atoms with E-state index in [1.54, 1.807) is 13.3 Å². The first-order chi connectivity index (χ1) is 16.0. The summed E-state index contributed by atoms with van der Waals surface area (Å²) in [4.78, 5) is 16.9. The maximum atomic E-state index is 6.47. The van der Waals surface area contributed by atoms with Gasteiger partial charge in [-0.25, -0.2) is 9.97 Å². The molecule has 0 radical (unpaired) electrons. The number of para-hydroxylation sites is 1. The fraction of sp³-hybridized carbons (Fsp3) is 0.250. The molecule has 0 atom stereocenters. The highest BCUT2D eigenvalue weighted by atomic mass is 35.5. The number of nitrogens with zero attached hydrogens (tertiary/aromatic N) is 4. The highest BCUT2D eigenvalue weighted by Gasteiger charge is 2.20. The number of H-pyrrole nitrogens is 1. The standard InChI is InChI=1S/C24H26ClN7O/c1-31-7-9-32(10-8-31)21-12-22(33-2)20(11-18(21)26)29-24-28-14-17(25)23(30-24)16-13-27-19-6-4-3-5-15(16)19/h3-6,11-14,27H,7-10,26H2,1-2H3,(H,28,29,30). The summed E-state index contributed by atoms with van der Waals surface area (Å²) in [7, 11) is 3.77. The summed E-state index contributed by atoms with van der Waals surface area (Å²) >= 11 is 6.47. The predicted molar refractivity (Wildman–Crippen MR) is 135 cm³/mol. The van der Waals surface area contributed by atoms with Crippen LogP contribution in [0.5, 0.6) is 5.75 Å². The number of ether oxygens (including phenoxy) is 1. The predicted octanol–water partition coefficient (Wildman–Crippen LogP) is 4.36. The van der Waals surface area contributed by atoms with Gasteiger partial charge in [-0.2, -0.15) is 0 Å². The van der Waals surface area contributed by atoms with Crippen molar-refractivity contribution in [3.8, 4) is 17.0 Å². The van der Waals surface area contributed by atoms with Gasteiger partial charge in [-0.3, -0.25) is 0 Å². The molecule has 9 heteroatoms. The first-order valence-corrected chi connectivity index (χ1v) is 11.2. The summed E-state index contributed by atoms with van der Waals surface area (Å²) in [6.45, 7) is 3.84. The fourth-order valence-electron chi connectivity index (χ4n) is 4.18. The fourth-order valence-corrected chi connectivity index (χ4v) is 4.37. The normalized spacial score (nSPS) is 14.6. The van der Waals surface area contributed by atoms with E-state index in [1.807, 2.05) is 42.6 Å². The second-order valence-corrected chi connectivity index (χ2v) is 8.57. The van der Waals surface area contributed by atoms with Crippen molar-refractivity contribution >= 4 is 45.5 Å². The van der Waals surface area contributed by atoms with E-state index in [1.165, 1.54) is 0 Å². The molecule has 0 bridgehead atoms. The van der Waals surface area contributed by atoms with E-state index in [0.29, 0.717) is 33.8 Å². The van der Waals surface area contributed by atoms with Crippen molar-refractivity contribution in [1.82, 2.24) is 19.9 Å². The lowest BCUT2D eigenvalue weighted by atomic mass is 10.1. The number of fused-ring (bicyclic) bond motifs is 1. The Balaban J connectivity index is 1.47. The van der Waals surface area contributed by atoms with Gasteiger partial charge in [-0.15, -0.1) is 0 Å². The highest BCUT2D eigenvalue weighted by molar-refractivity contribution is 6.33. The maximum Gasteiger partial charge on any atom is 0.227 e. The van der Waals surface area contributed by atoms with Crippen LogP contribution in [0.4, 0.5) is 23.0 Å². The number of anilines is 4. The summed E-state index contributed by atoms with van der Waals surface area (Å²) in [5.41, 5.74) is 11.4.